The lowest BCUT2D eigenvalue weighted by molar-refractivity contribution is 0.384. The van der Waals surface area contributed by atoms with Gasteiger partial charge in [0.2, 0.25) is 0 Å². The minimum atomic E-state index is -0.158. The number of hydrogen-bond acceptors (Lipinski definition) is 0. The molecule has 2 heteroatoms. The topological polar surface area (TPSA) is 0 Å². The molecule has 4 aromatic carbocycles. The molecule has 0 radical (unpaired) electrons. The number of hydrogen-bond donors (Lipinski definition) is 0. The zero-order valence-corrected chi connectivity index (χ0v) is 39.8. The second-order valence-corrected chi connectivity index (χ2v) is 18.9. The van der Waals surface area contributed by atoms with Gasteiger partial charge in [-0.3, -0.25) is 0 Å². The quantitative estimate of drug-likeness (QED) is 0.0651. The van der Waals surface area contributed by atoms with Gasteiger partial charge in [0.25, 0.3) is 0 Å². The summed E-state index contributed by atoms with van der Waals surface area (Å²) in [5, 5.41) is 0. The Labute approximate surface area is 383 Å². The van der Waals surface area contributed by atoms with Crippen molar-refractivity contribution < 1.29 is 8.78 Å². The van der Waals surface area contributed by atoms with Crippen molar-refractivity contribution in [2.24, 2.45) is 11.8 Å². The molecule has 0 aromatic heterocycles. The molecule has 2 fully saturated rings. The van der Waals surface area contributed by atoms with Crippen LogP contribution in [-0.4, -0.2) is 0 Å². The van der Waals surface area contributed by atoms with Gasteiger partial charge in [0, 0.05) is 11.8 Å². The summed E-state index contributed by atoms with van der Waals surface area (Å²) in [4.78, 5) is 0. The predicted octanol–water partition coefficient (Wildman–Crippen LogP) is 17.6. The van der Waals surface area contributed by atoms with Crippen LogP contribution in [0.4, 0.5) is 8.78 Å². The first kappa shape index (κ1) is 49.9. The van der Waals surface area contributed by atoms with Crippen molar-refractivity contribution in [1.82, 2.24) is 0 Å². The molecule has 2 saturated carbocycles. The fourth-order valence-corrected chi connectivity index (χ4v) is 9.54. The maximum Gasteiger partial charge on any atom is 0.139 e. The fourth-order valence-electron chi connectivity index (χ4n) is 9.54. The van der Waals surface area contributed by atoms with Crippen LogP contribution in [0.25, 0.3) is 0 Å². The lowest BCUT2D eigenvalue weighted by Crippen LogP contribution is -2.12. The standard InChI is InChI=1S/C31H41F.C30H39F/c1-3-5-7-9-10-25-12-18-28(19-13-25)29-20-14-26(15-21-29)16-22-30-23-17-27(24-31(30)32)11-8-6-4-2;1-3-5-7-9-24-11-17-27(18-12-24)28-19-13-25(14-20-28)15-21-29-22-16-26(23-30(29)31)10-8-6-4-2/h12-13,17-19,23-24,26,29H,3-11,14-15,20-21H2,1-2H3;11-12,16-18,22-23,25,28H,3-10,13-14,19-20H2,1-2H3. The first-order chi connectivity index (χ1) is 30.9. The maximum atomic E-state index is 14.4. The number of rotatable bonds is 19. The van der Waals surface area contributed by atoms with Crippen LogP contribution in [0, 0.1) is 47.2 Å². The highest BCUT2D eigenvalue weighted by atomic mass is 19.1. The Bertz CT molecular complexity index is 2000. The smallest absolute Gasteiger partial charge is 0.139 e. The second kappa shape index (κ2) is 28.6. The third-order valence-corrected chi connectivity index (χ3v) is 13.8. The third kappa shape index (κ3) is 17.7. The molecule has 6 rings (SSSR count). The average molecular weight is 851 g/mol. The lowest BCUT2D eigenvalue weighted by Gasteiger charge is -2.26. The number of aryl methyl sites for hydroxylation is 4. The molecule has 0 aliphatic heterocycles. The van der Waals surface area contributed by atoms with Crippen molar-refractivity contribution in [3.8, 4) is 23.7 Å². The van der Waals surface area contributed by atoms with E-state index in [1.165, 1.54) is 131 Å². The molecular formula is C61H80F2. The van der Waals surface area contributed by atoms with E-state index in [4.69, 9.17) is 0 Å². The third-order valence-electron chi connectivity index (χ3n) is 13.8. The highest BCUT2D eigenvalue weighted by molar-refractivity contribution is 5.39. The van der Waals surface area contributed by atoms with Gasteiger partial charge in [-0.15, -0.1) is 0 Å². The Morgan fingerprint density at radius 2 is 0.698 bits per heavy atom. The maximum absolute atomic E-state index is 14.4. The summed E-state index contributed by atoms with van der Waals surface area (Å²) >= 11 is 0. The lowest BCUT2D eigenvalue weighted by atomic mass is 9.78. The first-order valence-corrected chi connectivity index (χ1v) is 25.7. The van der Waals surface area contributed by atoms with Crippen molar-refractivity contribution >= 4 is 0 Å². The van der Waals surface area contributed by atoms with Crippen molar-refractivity contribution in [1.29, 1.82) is 0 Å². The minimum absolute atomic E-state index is 0.157. The molecule has 2 aliphatic carbocycles. The summed E-state index contributed by atoms with van der Waals surface area (Å²) < 4.78 is 28.9. The second-order valence-electron chi connectivity index (χ2n) is 18.9. The van der Waals surface area contributed by atoms with Crippen molar-refractivity contribution in [2.45, 2.75) is 200 Å². The Hall–Kier alpha value is -4.14. The largest absolute Gasteiger partial charge is 0.206 e. The summed E-state index contributed by atoms with van der Waals surface area (Å²) in [7, 11) is 0. The van der Waals surface area contributed by atoms with Gasteiger partial charge >= 0.3 is 0 Å². The molecule has 0 N–H and O–H groups in total. The number of halogens is 2. The van der Waals surface area contributed by atoms with E-state index >= 15 is 0 Å². The number of unbranched alkanes of at least 4 members (excludes halogenated alkanes) is 9. The molecule has 0 amide bonds. The van der Waals surface area contributed by atoms with E-state index in [9.17, 15) is 8.78 Å². The minimum Gasteiger partial charge on any atom is -0.206 e. The van der Waals surface area contributed by atoms with E-state index in [2.05, 4.69) is 99.9 Å². The Morgan fingerprint density at radius 1 is 0.381 bits per heavy atom. The summed E-state index contributed by atoms with van der Waals surface area (Å²) in [5.41, 5.74) is 9.20. The molecule has 0 unspecified atom stereocenters. The summed E-state index contributed by atoms with van der Waals surface area (Å²) in [6.07, 6.45) is 29.8. The van der Waals surface area contributed by atoms with E-state index in [0.717, 1.165) is 62.5 Å². The van der Waals surface area contributed by atoms with E-state index in [1.807, 2.05) is 24.3 Å². The summed E-state index contributed by atoms with van der Waals surface area (Å²) in [6.45, 7) is 8.90. The molecule has 0 spiro atoms. The van der Waals surface area contributed by atoms with E-state index in [1.54, 1.807) is 12.1 Å². The zero-order chi connectivity index (χ0) is 44.5. The van der Waals surface area contributed by atoms with Gasteiger partial charge in [-0.25, -0.2) is 8.78 Å². The highest BCUT2D eigenvalue weighted by Gasteiger charge is 2.22. The molecule has 2 aliphatic rings. The van der Waals surface area contributed by atoms with Crippen LogP contribution < -0.4 is 0 Å². The van der Waals surface area contributed by atoms with Crippen LogP contribution in [0.5, 0.6) is 0 Å². The molecule has 0 bridgehead atoms. The molecule has 4 aromatic rings. The van der Waals surface area contributed by atoms with Crippen LogP contribution in [0.15, 0.2) is 84.9 Å². The molecule has 338 valence electrons. The van der Waals surface area contributed by atoms with Crippen LogP contribution >= 0.6 is 0 Å². The average Bonchev–Trinajstić information content (AvgIpc) is 3.31. The molecular weight excluding hydrogens is 771 g/mol. The van der Waals surface area contributed by atoms with Gasteiger partial charge in [0.15, 0.2) is 0 Å². The van der Waals surface area contributed by atoms with Crippen molar-refractivity contribution in [2.75, 3.05) is 0 Å². The summed E-state index contributed by atoms with van der Waals surface area (Å²) in [6, 6.07) is 29.9. The molecule has 63 heavy (non-hydrogen) atoms. The van der Waals surface area contributed by atoms with E-state index in [-0.39, 0.29) is 11.6 Å². The van der Waals surface area contributed by atoms with E-state index in [0.29, 0.717) is 34.8 Å². The molecule has 0 nitrogen and oxygen atoms in total. The van der Waals surface area contributed by atoms with Gasteiger partial charge in [0.05, 0.1) is 11.1 Å². The monoisotopic (exact) mass is 851 g/mol. The normalized spacial score (nSPS) is 18.3. The van der Waals surface area contributed by atoms with Gasteiger partial charge in [0.1, 0.15) is 11.6 Å². The molecule has 0 saturated heterocycles. The fraction of sp³-hybridized carbons (Fsp3) is 0.541. The number of benzene rings is 4. The van der Waals surface area contributed by atoms with Gasteiger partial charge in [-0.1, -0.05) is 170 Å². The van der Waals surface area contributed by atoms with E-state index < -0.39 is 0 Å². The Balaban J connectivity index is 0.000000238. The molecule has 0 atom stereocenters. The highest BCUT2D eigenvalue weighted by Crippen LogP contribution is 2.37. The summed E-state index contributed by atoms with van der Waals surface area (Å²) in [5.74, 6) is 14.8. The SMILES string of the molecule is CCCCCCc1ccc(C2CCC(C#Cc3ccc(CCCCC)cc3F)CC2)cc1.CCCCCc1ccc(C2CCC(C#Cc3ccc(CCCCC)cc3F)CC2)cc1. The van der Waals surface area contributed by atoms with Crippen LogP contribution in [0.1, 0.15) is 219 Å². The molecule has 0 heterocycles. The van der Waals surface area contributed by atoms with Crippen molar-refractivity contribution in [3.63, 3.8) is 0 Å². The van der Waals surface area contributed by atoms with Gasteiger partial charge < -0.3 is 0 Å². The predicted molar refractivity (Wildman–Crippen MR) is 266 cm³/mol. The van der Waals surface area contributed by atoms with Crippen LogP contribution in [0.2, 0.25) is 0 Å². The zero-order valence-electron chi connectivity index (χ0n) is 39.8. The van der Waals surface area contributed by atoms with Gasteiger partial charge in [-0.2, -0.15) is 0 Å². The van der Waals surface area contributed by atoms with Crippen LogP contribution in [0.3, 0.4) is 0 Å². The van der Waals surface area contributed by atoms with Crippen molar-refractivity contribution in [3.05, 3.63) is 141 Å². The van der Waals surface area contributed by atoms with Crippen LogP contribution in [-0.2, 0) is 25.7 Å². The first-order valence-electron chi connectivity index (χ1n) is 25.7. The Morgan fingerprint density at radius 3 is 1.05 bits per heavy atom. The Kier molecular flexibility index (Phi) is 22.6. The van der Waals surface area contributed by atoms with Gasteiger partial charge in [-0.05, 0) is 172 Å².